The lowest BCUT2D eigenvalue weighted by Gasteiger charge is -2.35. The Labute approximate surface area is 175 Å². The zero-order valence-electron chi connectivity index (χ0n) is 18.7. The van der Waals surface area contributed by atoms with Crippen molar-refractivity contribution >= 4 is 5.96 Å². The van der Waals surface area contributed by atoms with Gasteiger partial charge in [0.1, 0.15) is 0 Å². The number of aliphatic imine (C=N–C) groups is 1. The van der Waals surface area contributed by atoms with Crippen LogP contribution in [0.3, 0.4) is 0 Å². The fourth-order valence-electron chi connectivity index (χ4n) is 3.66. The first kappa shape index (κ1) is 23.3. The van der Waals surface area contributed by atoms with Crippen molar-refractivity contribution in [3.05, 3.63) is 23.8 Å². The van der Waals surface area contributed by atoms with E-state index >= 15 is 0 Å². The molecule has 1 aliphatic heterocycles. The van der Waals surface area contributed by atoms with Crippen LogP contribution in [0.5, 0.6) is 11.5 Å². The van der Waals surface area contributed by atoms with Crippen molar-refractivity contribution in [2.24, 2.45) is 4.99 Å². The van der Waals surface area contributed by atoms with Gasteiger partial charge < -0.3 is 24.8 Å². The Morgan fingerprint density at radius 2 is 1.86 bits per heavy atom. The van der Waals surface area contributed by atoms with Gasteiger partial charge in [-0.25, -0.2) is 0 Å². The molecule has 2 atom stereocenters. The average Bonchev–Trinajstić information content (AvgIpc) is 2.70. The third-order valence-electron chi connectivity index (χ3n) is 4.90. The molecule has 1 aromatic carbocycles. The SMILES string of the molecule is CCNC(=NCCCN1CC(C)OC(C)C1)NCCc1ccc(OC)c(OC)c1. The second kappa shape index (κ2) is 12.5. The summed E-state index contributed by atoms with van der Waals surface area (Å²) in [6, 6.07) is 6.03. The molecule has 0 radical (unpaired) electrons. The van der Waals surface area contributed by atoms with Crippen molar-refractivity contribution in [2.75, 3.05) is 53.5 Å². The number of hydrogen-bond donors (Lipinski definition) is 2. The molecular weight excluding hydrogens is 368 g/mol. The van der Waals surface area contributed by atoms with E-state index in [4.69, 9.17) is 19.2 Å². The molecule has 0 spiro atoms. The third-order valence-corrected chi connectivity index (χ3v) is 4.90. The summed E-state index contributed by atoms with van der Waals surface area (Å²) in [7, 11) is 3.31. The van der Waals surface area contributed by atoms with Gasteiger partial charge in [-0.15, -0.1) is 0 Å². The Balaban J connectivity index is 1.75. The Hall–Kier alpha value is -1.99. The molecule has 2 N–H and O–H groups in total. The molecule has 7 heteroatoms. The van der Waals surface area contributed by atoms with E-state index in [9.17, 15) is 0 Å². The predicted molar refractivity (Wildman–Crippen MR) is 118 cm³/mol. The maximum atomic E-state index is 5.80. The number of benzene rings is 1. The number of guanidine groups is 1. The zero-order chi connectivity index (χ0) is 21.1. The standard InChI is InChI=1S/C22H38N4O3/c1-6-23-22(24-11-7-13-26-15-17(2)29-18(3)16-26)25-12-10-19-8-9-20(27-4)21(14-19)28-5/h8-9,14,17-18H,6-7,10-13,15-16H2,1-5H3,(H2,23,24,25). The van der Waals surface area contributed by atoms with Gasteiger partial charge >= 0.3 is 0 Å². The number of hydrogen-bond acceptors (Lipinski definition) is 5. The van der Waals surface area contributed by atoms with E-state index in [0.29, 0.717) is 12.2 Å². The Bertz CT molecular complexity index is 628. The van der Waals surface area contributed by atoms with Gasteiger partial charge in [0, 0.05) is 39.3 Å². The minimum Gasteiger partial charge on any atom is -0.493 e. The molecule has 164 valence electrons. The van der Waals surface area contributed by atoms with E-state index in [1.807, 2.05) is 12.1 Å². The van der Waals surface area contributed by atoms with Crippen LogP contribution in [0.25, 0.3) is 0 Å². The van der Waals surface area contributed by atoms with Crippen LogP contribution in [-0.4, -0.2) is 76.6 Å². The summed E-state index contributed by atoms with van der Waals surface area (Å²) in [5.41, 5.74) is 1.20. The Kier molecular flexibility index (Phi) is 10.1. The van der Waals surface area contributed by atoms with E-state index in [1.54, 1.807) is 14.2 Å². The smallest absolute Gasteiger partial charge is 0.191 e. The van der Waals surface area contributed by atoms with Gasteiger partial charge in [0.25, 0.3) is 0 Å². The average molecular weight is 407 g/mol. The van der Waals surface area contributed by atoms with Crippen molar-refractivity contribution in [2.45, 2.75) is 45.8 Å². The fraction of sp³-hybridized carbons (Fsp3) is 0.682. The molecule has 2 rings (SSSR count). The van der Waals surface area contributed by atoms with Gasteiger partial charge in [0.2, 0.25) is 0 Å². The summed E-state index contributed by atoms with van der Waals surface area (Å²) >= 11 is 0. The lowest BCUT2D eigenvalue weighted by atomic mass is 10.1. The molecule has 0 saturated carbocycles. The number of nitrogens with zero attached hydrogens (tertiary/aromatic N) is 2. The van der Waals surface area contributed by atoms with Crippen molar-refractivity contribution < 1.29 is 14.2 Å². The van der Waals surface area contributed by atoms with Crippen LogP contribution in [0, 0.1) is 0 Å². The van der Waals surface area contributed by atoms with Gasteiger partial charge in [-0.2, -0.15) is 0 Å². The summed E-state index contributed by atoms with van der Waals surface area (Å²) in [5.74, 6) is 2.39. The molecule has 2 unspecified atom stereocenters. The van der Waals surface area contributed by atoms with Crippen LogP contribution >= 0.6 is 0 Å². The number of ether oxygens (including phenoxy) is 3. The van der Waals surface area contributed by atoms with Crippen LogP contribution in [0.1, 0.15) is 32.8 Å². The molecule has 0 aromatic heterocycles. The lowest BCUT2D eigenvalue weighted by molar-refractivity contribution is -0.0679. The van der Waals surface area contributed by atoms with Crippen LogP contribution in [0.4, 0.5) is 0 Å². The van der Waals surface area contributed by atoms with Crippen molar-refractivity contribution in [1.82, 2.24) is 15.5 Å². The Morgan fingerprint density at radius 3 is 2.52 bits per heavy atom. The van der Waals surface area contributed by atoms with E-state index in [1.165, 1.54) is 5.56 Å². The van der Waals surface area contributed by atoms with E-state index in [-0.39, 0.29) is 0 Å². The van der Waals surface area contributed by atoms with Crippen LogP contribution in [0.15, 0.2) is 23.2 Å². The van der Waals surface area contributed by atoms with Crippen LogP contribution < -0.4 is 20.1 Å². The number of morpholine rings is 1. The largest absolute Gasteiger partial charge is 0.493 e. The van der Waals surface area contributed by atoms with Crippen molar-refractivity contribution in [1.29, 1.82) is 0 Å². The molecule has 7 nitrogen and oxygen atoms in total. The molecule has 1 fully saturated rings. The lowest BCUT2D eigenvalue weighted by Crippen LogP contribution is -2.45. The quantitative estimate of drug-likeness (QED) is 0.353. The summed E-state index contributed by atoms with van der Waals surface area (Å²) in [6.07, 6.45) is 2.57. The second-order valence-electron chi connectivity index (χ2n) is 7.50. The third kappa shape index (κ3) is 8.11. The fourth-order valence-corrected chi connectivity index (χ4v) is 3.66. The second-order valence-corrected chi connectivity index (χ2v) is 7.50. The summed E-state index contributed by atoms with van der Waals surface area (Å²) in [4.78, 5) is 7.20. The van der Waals surface area contributed by atoms with Gasteiger partial charge in [-0.3, -0.25) is 9.89 Å². The molecule has 1 saturated heterocycles. The highest BCUT2D eigenvalue weighted by Gasteiger charge is 2.21. The highest BCUT2D eigenvalue weighted by Crippen LogP contribution is 2.27. The number of rotatable bonds is 10. The van der Waals surface area contributed by atoms with Crippen molar-refractivity contribution in [3.8, 4) is 11.5 Å². The summed E-state index contributed by atoms with van der Waals surface area (Å²) < 4.78 is 16.5. The molecule has 0 amide bonds. The maximum Gasteiger partial charge on any atom is 0.191 e. The predicted octanol–water partition coefficient (Wildman–Crippen LogP) is 2.30. The van der Waals surface area contributed by atoms with Crippen LogP contribution in [-0.2, 0) is 11.2 Å². The van der Waals surface area contributed by atoms with Gasteiger partial charge in [-0.1, -0.05) is 6.07 Å². The van der Waals surface area contributed by atoms with Crippen molar-refractivity contribution in [3.63, 3.8) is 0 Å². The minimum atomic E-state index is 0.317. The van der Waals surface area contributed by atoms with Gasteiger partial charge in [-0.05, 0) is 51.3 Å². The number of methoxy groups -OCH3 is 2. The molecule has 0 bridgehead atoms. The van der Waals surface area contributed by atoms with E-state index in [2.05, 4.69) is 42.4 Å². The van der Waals surface area contributed by atoms with Gasteiger partial charge in [0.15, 0.2) is 17.5 Å². The maximum absolute atomic E-state index is 5.80. The molecule has 1 heterocycles. The summed E-state index contributed by atoms with van der Waals surface area (Å²) in [6.45, 7) is 11.9. The first-order chi connectivity index (χ1) is 14.0. The minimum absolute atomic E-state index is 0.317. The molecule has 1 aromatic rings. The molecule has 29 heavy (non-hydrogen) atoms. The normalized spacial score (nSPS) is 20.4. The van der Waals surface area contributed by atoms with Crippen LogP contribution in [0.2, 0.25) is 0 Å². The van der Waals surface area contributed by atoms with Gasteiger partial charge in [0.05, 0.1) is 26.4 Å². The first-order valence-electron chi connectivity index (χ1n) is 10.7. The zero-order valence-corrected chi connectivity index (χ0v) is 18.7. The molecule has 1 aliphatic rings. The topological polar surface area (TPSA) is 67.4 Å². The monoisotopic (exact) mass is 406 g/mol. The highest BCUT2D eigenvalue weighted by molar-refractivity contribution is 5.79. The molecule has 0 aliphatic carbocycles. The van der Waals surface area contributed by atoms with E-state index < -0.39 is 0 Å². The first-order valence-corrected chi connectivity index (χ1v) is 10.7. The Morgan fingerprint density at radius 1 is 1.14 bits per heavy atom. The molecular formula is C22H38N4O3. The van der Waals surface area contributed by atoms with E-state index in [0.717, 1.165) is 69.6 Å². The number of nitrogens with one attached hydrogen (secondary N) is 2. The highest BCUT2D eigenvalue weighted by atomic mass is 16.5. The summed E-state index contributed by atoms with van der Waals surface area (Å²) in [5, 5.41) is 6.74.